The second kappa shape index (κ2) is 9.36. The van der Waals surface area contributed by atoms with Crippen LogP contribution < -0.4 is 10.4 Å². The van der Waals surface area contributed by atoms with Gasteiger partial charge in [0.25, 0.3) is 0 Å². The predicted octanol–water partition coefficient (Wildman–Crippen LogP) is 5.90. The van der Waals surface area contributed by atoms with Gasteiger partial charge >= 0.3 is 0 Å². The van der Waals surface area contributed by atoms with Crippen LogP contribution in [0.15, 0.2) is 67.0 Å². The molecule has 3 aromatic carbocycles. The third kappa shape index (κ3) is 4.64. The zero-order valence-electron chi connectivity index (χ0n) is 18.9. The minimum absolute atomic E-state index is 0.0216. The molecule has 8 heteroatoms. The third-order valence-electron chi connectivity index (χ3n) is 6.26. The molecule has 1 N–H and O–H groups in total. The summed E-state index contributed by atoms with van der Waals surface area (Å²) in [6.07, 6.45) is 4.10. The number of ether oxygens (including phenoxy) is 1. The average molecular weight is 510 g/mol. The number of nitrogens with zero attached hydrogens (tertiary/aromatic N) is 2. The molecule has 1 aliphatic rings. The maximum atomic E-state index is 13.6. The van der Waals surface area contributed by atoms with Crippen molar-refractivity contribution in [3.8, 4) is 16.9 Å². The molecule has 35 heavy (non-hydrogen) atoms. The van der Waals surface area contributed by atoms with E-state index in [-0.39, 0.29) is 24.1 Å². The van der Waals surface area contributed by atoms with Crippen molar-refractivity contribution in [3.05, 3.63) is 105 Å². The van der Waals surface area contributed by atoms with Gasteiger partial charge in [-0.05, 0) is 59.5 Å². The number of fused-ring (bicyclic) bond motifs is 1. The molecular weight excluding hydrogens is 488 g/mol. The first-order chi connectivity index (χ1) is 16.8. The van der Waals surface area contributed by atoms with Crippen molar-refractivity contribution in [2.45, 2.75) is 13.0 Å². The van der Waals surface area contributed by atoms with Crippen molar-refractivity contribution in [2.75, 3.05) is 6.61 Å². The predicted molar refractivity (Wildman–Crippen MR) is 134 cm³/mol. The molecule has 0 aliphatic carbocycles. The lowest BCUT2D eigenvalue weighted by Crippen LogP contribution is -2.30. The van der Waals surface area contributed by atoms with E-state index in [1.54, 1.807) is 40.4 Å². The molecule has 0 bridgehead atoms. The summed E-state index contributed by atoms with van der Waals surface area (Å²) in [6, 6.07) is 15.3. The highest BCUT2D eigenvalue weighted by Gasteiger charge is 2.31. The number of halogens is 3. The first-order valence-electron chi connectivity index (χ1n) is 11.1. The van der Waals surface area contributed by atoms with Crippen LogP contribution in [0.5, 0.6) is 5.75 Å². The minimum Gasteiger partial charge on any atom is -0.491 e. The van der Waals surface area contributed by atoms with E-state index in [0.717, 1.165) is 22.3 Å². The van der Waals surface area contributed by atoms with Gasteiger partial charge in [0.15, 0.2) is 5.78 Å². The highest BCUT2D eigenvalue weighted by Crippen LogP contribution is 2.39. The van der Waals surface area contributed by atoms with E-state index in [2.05, 4.69) is 0 Å². The lowest BCUT2D eigenvalue weighted by atomic mass is 9.86. The van der Waals surface area contributed by atoms with Crippen molar-refractivity contribution in [1.29, 1.82) is 5.41 Å². The molecule has 0 radical (unpaired) electrons. The van der Waals surface area contributed by atoms with Crippen molar-refractivity contribution in [2.24, 2.45) is 13.0 Å². The molecule has 5 nitrogen and oxygen atoms in total. The van der Waals surface area contributed by atoms with E-state index < -0.39 is 0 Å². The summed E-state index contributed by atoms with van der Waals surface area (Å²) in [4.78, 5) is 13.6. The van der Waals surface area contributed by atoms with Gasteiger partial charge in [0.2, 0.25) is 5.62 Å². The van der Waals surface area contributed by atoms with Gasteiger partial charge in [0.1, 0.15) is 11.6 Å². The number of carbonyl (C=O) groups is 1. The minimum atomic E-state index is -0.382. The number of aryl methyl sites for hydroxylation is 1. The van der Waals surface area contributed by atoms with Crippen molar-refractivity contribution in [3.63, 3.8) is 0 Å². The van der Waals surface area contributed by atoms with Gasteiger partial charge in [-0.1, -0.05) is 41.4 Å². The number of ketones is 1. The summed E-state index contributed by atoms with van der Waals surface area (Å²) in [5, 5.41) is 9.17. The Morgan fingerprint density at radius 1 is 1.00 bits per heavy atom. The van der Waals surface area contributed by atoms with E-state index in [0.29, 0.717) is 39.9 Å². The van der Waals surface area contributed by atoms with Gasteiger partial charge in [-0.15, -0.1) is 0 Å². The first kappa shape index (κ1) is 23.4. The Hall–Kier alpha value is -3.35. The lowest BCUT2D eigenvalue weighted by molar-refractivity contribution is 0.0831. The second-order valence-corrected chi connectivity index (χ2v) is 9.53. The van der Waals surface area contributed by atoms with E-state index in [1.165, 1.54) is 12.1 Å². The van der Waals surface area contributed by atoms with Crippen LogP contribution >= 0.6 is 23.2 Å². The fourth-order valence-corrected chi connectivity index (χ4v) is 4.71. The molecule has 1 atom stereocenters. The van der Waals surface area contributed by atoms with Crippen LogP contribution in [0.2, 0.25) is 10.0 Å². The van der Waals surface area contributed by atoms with Crippen molar-refractivity contribution in [1.82, 2.24) is 9.13 Å². The van der Waals surface area contributed by atoms with E-state index in [1.807, 2.05) is 30.6 Å². The largest absolute Gasteiger partial charge is 0.491 e. The smallest absolute Gasteiger partial charge is 0.202 e. The van der Waals surface area contributed by atoms with Crippen molar-refractivity contribution >= 4 is 29.0 Å². The molecular formula is C27H22Cl2FN3O2. The van der Waals surface area contributed by atoms with E-state index in [4.69, 9.17) is 33.3 Å². The molecule has 2 heterocycles. The molecule has 5 rings (SSSR count). The second-order valence-electron chi connectivity index (χ2n) is 8.71. The maximum absolute atomic E-state index is 13.6. The summed E-state index contributed by atoms with van der Waals surface area (Å²) in [6.45, 7) is 0.635. The number of imidazole rings is 1. The number of hydrogen-bond acceptors (Lipinski definition) is 3. The molecule has 1 aromatic heterocycles. The van der Waals surface area contributed by atoms with Crippen LogP contribution in [-0.4, -0.2) is 21.5 Å². The fourth-order valence-electron chi connectivity index (χ4n) is 4.39. The Morgan fingerprint density at radius 3 is 2.43 bits per heavy atom. The van der Waals surface area contributed by atoms with Crippen LogP contribution in [0, 0.1) is 17.1 Å². The zero-order valence-corrected chi connectivity index (χ0v) is 20.4. The molecule has 4 aromatic rings. The van der Waals surface area contributed by atoms with Gasteiger partial charge < -0.3 is 13.9 Å². The van der Waals surface area contributed by atoms with Crippen LogP contribution in [0.1, 0.15) is 21.5 Å². The normalized spacial score (nSPS) is 15.1. The van der Waals surface area contributed by atoms with Crippen LogP contribution in [-0.2, 0) is 20.0 Å². The monoisotopic (exact) mass is 509 g/mol. The van der Waals surface area contributed by atoms with Gasteiger partial charge in [0.05, 0.1) is 34.7 Å². The standard InChI is InChI=1S/C27H22Cl2FN3O2/c1-32-8-9-33(27(32)31)14-17-11-21(18-3-5-20(30)6-4-18)26-22(12-17)25(34)19(15-35-26)10-16-2-7-23(28)24(29)13-16/h2-9,11-13,19,31H,10,14-15H2,1H3/t19-/m0/s1. The van der Waals surface area contributed by atoms with E-state index in [9.17, 15) is 9.18 Å². The molecule has 0 unspecified atom stereocenters. The number of nitrogens with one attached hydrogen (secondary N) is 1. The van der Waals surface area contributed by atoms with Gasteiger partial charge in [0, 0.05) is 25.0 Å². The number of hydrogen-bond donors (Lipinski definition) is 1. The fraction of sp³-hybridized carbons (Fsp3) is 0.185. The topological polar surface area (TPSA) is 60.0 Å². The van der Waals surface area contributed by atoms with Gasteiger partial charge in [-0.25, -0.2) is 4.39 Å². The maximum Gasteiger partial charge on any atom is 0.202 e. The molecule has 0 saturated carbocycles. The number of aromatic nitrogens is 2. The highest BCUT2D eigenvalue weighted by atomic mass is 35.5. The third-order valence-corrected chi connectivity index (χ3v) is 7.00. The number of rotatable bonds is 5. The number of Topliss-reactive ketones (excluding diaryl/α,β-unsaturated/α-hetero) is 1. The number of carbonyl (C=O) groups excluding carboxylic acids is 1. The quantitative estimate of drug-likeness (QED) is 0.364. The molecule has 1 aliphatic heterocycles. The summed E-state index contributed by atoms with van der Waals surface area (Å²) in [5.74, 6) is -0.241. The Kier molecular flexibility index (Phi) is 6.26. The number of benzene rings is 3. The van der Waals surface area contributed by atoms with E-state index >= 15 is 0 Å². The molecule has 0 amide bonds. The lowest BCUT2D eigenvalue weighted by Gasteiger charge is -2.27. The summed E-state index contributed by atoms with van der Waals surface area (Å²) < 4.78 is 23.3. The van der Waals surface area contributed by atoms with Crippen LogP contribution in [0.4, 0.5) is 4.39 Å². The Bertz CT molecular complexity index is 1490. The molecule has 0 spiro atoms. The molecule has 178 valence electrons. The molecule has 0 fully saturated rings. The summed E-state index contributed by atoms with van der Waals surface area (Å²) in [5.41, 5.74) is 4.05. The zero-order chi connectivity index (χ0) is 24.7. The highest BCUT2D eigenvalue weighted by molar-refractivity contribution is 6.42. The molecule has 0 saturated heterocycles. The van der Waals surface area contributed by atoms with Gasteiger partial charge in [-0.2, -0.15) is 0 Å². The van der Waals surface area contributed by atoms with Crippen LogP contribution in [0.3, 0.4) is 0 Å². The first-order valence-corrected chi connectivity index (χ1v) is 11.9. The Labute approximate surface area is 211 Å². The summed E-state index contributed by atoms with van der Waals surface area (Å²) >= 11 is 12.2. The van der Waals surface area contributed by atoms with Gasteiger partial charge in [-0.3, -0.25) is 10.2 Å². The van der Waals surface area contributed by atoms with Crippen molar-refractivity contribution < 1.29 is 13.9 Å². The Morgan fingerprint density at radius 2 is 1.74 bits per heavy atom. The SMILES string of the molecule is Cn1ccn(Cc2cc3c(c(-c4ccc(F)cc4)c2)OC[C@H](Cc2ccc(Cl)c(Cl)c2)C3=O)c1=N. The Balaban J connectivity index is 1.55. The summed E-state index contributed by atoms with van der Waals surface area (Å²) in [7, 11) is 1.81. The van der Waals surface area contributed by atoms with Crippen LogP contribution in [0.25, 0.3) is 11.1 Å². The average Bonchev–Trinajstić information content (AvgIpc) is 3.15.